The van der Waals surface area contributed by atoms with Crippen molar-refractivity contribution in [3.8, 4) is 0 Å². The number of nitrogens with one attached hydrogen (secondary N) is 1. The molecule has 1 fully saturated rings. The molecule has 0 unspecified atom stereocenters. The first kappa shape index (κ1) is 18.6. The molecule has 2 atom stereocenters. The number of hydrogen-bond acceptors (Lipinski definition) is 6. The zero-order chi connectivity index (χ0) is 19.5. The number of carbonyl (C=O) groups excluding carboxylic acids is 2. The number of fused-ring (bicyclic) bond motifs is 1. The van der Waals surface area contributed by atoms with E-state index in [-0.39, 0.29) is 12.0 Å². The zero-order valence-corrected chi connectivity index (χ0v) is 16.3. The van der Waals surface area contributed by atoms with Gasteiger partial charge in [0.2, 0.25) is 6.10 Å². The van der Waals surface area contributed by atoms with Gasteiger partial charge in [0.1, 0.15) is 5.69 Å². The number of pyridine rings is 1. The van der Waals surface area contributed by atoms with Gasteiger partial charge in [-0.2, -0.15) is 0 Å². The number of rotatable bonds is 6. The van der Waals surface area contributed by atoms with Gasteiger partial charge in [-0.1, -0.05) is 0 Å². The summed E-state index contributed by atoms with van der Waals surface area (Å²) in [5.74, 6) is -0.911. The Hall–Kier alpha value is -2.71. The van der Waals surface area contributed by atoms with Crippen LogP contribution in [0, 0.1) is 0 Å². The molecule has 0 saturated carbocycles. The average Bonchev–Trinajstić information content (AvgIpc) is 3.44. The standard InChI is InChI=1S/C20H21N3O4S/c1-23-15-6-10-28-17(15)11-16(23)20(25)27-18(13-4-7-21-8-5-13)19(24)22-12-14-3-2-9-26-14/h4-8,10-11,14,18H,2-3,9,12H2,1H3,(H,22,24)/t14-,18+/m0/s1. The fourth-order valence-corrected chi connectivity index (χ4v) is 4.19. The van der Waals surface area contributed by atoms with Crippen LogP contribution in [0.4, 0.5) is 0 Å². The molecule has 7 nitrogen and oxygen atoms in total. The highest BCUT2D eigenvalue weighted by Crippen LogP contribution is 2.26. The highest BCUT2D eigenvalue weighted by molar-refractivity contribution is 7.17. The molecule has 0 radical (unpaired) electrons. The summed E-state index contributed by atoms with van der Waals surface area (Å²) in [7, 11) is 1.81. The van der Waals surface area contributed by atoms with Gasteiger partial charge >= 0.3 is 5.97 Å². The Bertz CT molecular complexity index is 976. The minimum absolute atomic E-state index is 0.0115. The second-order valence-electron chi connectivity index (χ2n) is 6.70. The zero-order valence-electron chi connectivity index (χ0n) is 15.5. The lowest BCUT2D eigenvalue weighted by Crippen LogP contribution is -2.37. The van der Waals surface area contributed by atoms with Crippen LogP contribution in [0.25, 0.3) is 10.2 Å². The third-order valence-corrected chi connectivity index (χ3v) is 5.73. The lowest BCUT2D eigenvalue weighted by atomic mass is 10.1. The monoisotopic (exact) mass is 399 g/mol. The van der Waals surface area contributed by atoms with E-state index in [2.05, 4.69) is 10.3 Å². The maximum atomic E-state index is 12.8. The van der Waals surface area contributed by atoms with Gasteiger partial charge < -0.3 is 19.4 Å². The van der Waals surface area contributed by atoms with Crippen molar-refractivity contribution in [3.05, 3.63) is 53.3 Å². The van der Waals surface area contributed by atoms with Crippen LogP contribution >= 0.6 is 11.3 Å². The summed E-state index contributed by atoms with van der Waals surface area (Å²) in [4.78, 5) is 29.6. The molecule has 1 amide bonds. The van der Waals surface area contributed by atoms with Gasteiger partial charge in [-0.05, 0) is 42.5 Å². The number of amides is 1. The number of aryl methyl sites for hydroxylation is 1. The summed E-state index contributed by atoms with van der Waals surface area (Å²) in [5.41, 5.74) is 1.94. The molecule has 4 heterocycles. The predicted molar refractivity (Wildman–Crippen MR) is 105 cm³/mol. The molecule has 28 heavy (non-hydrogen) atoms. The number of nitrogens with zero attached hydrogens (tertiary/aromatic N) is 2. The smallest absolute Gasteiger partial charge is 0.356 e. The van der Waals surface area contributed by atoms with Crippen LogP contribution in [0.1, 0.15) is 35.0 Å². The van der Waals surface area contributed by atoms with Crippen molar-refractivity contribution in [2.75, 3.05) is 13.2 Å². The Labute approximate surface area is 166 Å². The number of thiophene rings is 1. The number of hydrogen-bond donors (Lipinski definition) is 1. The Morgan fingerprint density at radius 3 is 2.93 bits per heavy atom. The van der Waals surface area contributed by atoms with Crippen LogP contribution < -0.4 is 5.32 Å². The first-order chi connectivity index (χ1) is 13.6. The minimum Gasteiger partial charge on any atom is -0.443 e. The van der Waals surface area contributed by atoms with Crippen molar-refractivity contribution >= 4 is 33.4 Å². The molecule has 0 bridgehead atoms. The van der Waals surface area contributed by atoms with Gasteiger partial charge in [0.15, 0.2) is 0 Å². The SMILES string of the molecule is Cn1c(C(=O)O[C@@H](C(=O)NC[C@@H]2CCCO2)c2ccncc2)cc2sccc21. The van der Waals surface area contributed by atoms with Crippen LogP contribution in [-0.2, 0) is 21.3 Å². The first-order valence-corrected chi connectivity index (χ1v) is 10.0. The topological polar surface area (TPSA) is 82.5 Å². The normalized spacial score (nSPS) is 17.5. The molecule has 1 saturated heterocycles. The van der Waals surface area contributed by atoms with Crippen LogP contribution in [0.3, 0.4) is 0 Å². The Kier molecular flexibility index (Phi) is 5.40. The van der Waals surface area contributed by atoms with Crippen LogP contribution in [0.5, 0.6) is 0 Å². The maximum absolute atomic E-state index is 12.8. The predicted octanol–water partition coefficient (Wildman–Crippen LogP) is 2.83. The second-order valence-corrected chi connectivity index (χ2v) is 7.65. The Balaban J connectivity index is 1.52. The van der Waals surface area contributed by atoms with Crippen molar-refractivity contribution in [1.82, 2.24) is 14.9 Å². The van der Waals surface area contributed by atoms with Crippen molar-refractivity contribution < 1.29 is 19.1 Å². The van der Waals surface area contributed by atoms with Crippen LogP contribution in [0.15, 0.2) is 42.0 Å². The van der Waals surface area contributed by atoms with E-state index >= 15 is 0 Å². The quantitative estimate of drug-likeness (QED) is 0.645. The van der Waals surface area contributed by atoms with Crippen LogP contribution in [-0.4, -0.2) is 40.7 Å². The molecular formula is C20H21N3O4S. The summed E-state index contributed by atoms with van der Waals surface area (Å²) in [6.45, 7) is 1.12. The molecule has 3 aromatic rings. The van der Waals surface area contributed by atoms with E-state index in [0.717, 1.165) is 23.1 Å². The van der Waals surface area contributed by atoms with Gasteiger partial charge in [0.25, 0.3) is 5.91 Å². The maximum Gasteiger partial charge on any atom is 0.356 e. The minimum atomic E-state index is -1.05. The van der Waals surface area contributed by atoms with Gasteiger partial charge in [-0.25, -0.2) is 4.79 Å². The molecule has 146 valence electrons. The molecule has 0 spiro atoms. The molecular weight excluding hydrogens is 378 g/mol. The fraction of sp³-hybridized carbons (Fsp3) is 0.350. The summed E-state index contributed by atoms with van der Waals surface area (Å²) < 4.78 is 14.0. The van der Waals surface area contributed by atoms with Crippen molar-refractivity contribution in [2.45, 2.75) is 25.0 Å². The van der Waals surface area contributed by atoms with E-state index in [1.807, 2.05) is 18.5 Å². The molecule has 1 N–H and O–H groups in total. The number of aromatic nitrogens is 2. The molecule has 0 aromatic carbocycles. The summed E-state index contributed by atoms with van der Waals surface area (Å²) in [6, 6.07) is 7.09. The van der Waals surface area contributed by atoms with Gasteiger partial charge in [-0.3, -0.25) is 9.78 Å². The van der Waals surface area contributed by atoms with E-state index in [4.69, 9.17) is 9.47 Å². The highest BCUT2D eigenvalue weighted by Gasteiger charge is 2.28. The molecule has 3 aromatic heterocycles. The third kappa shape index (κ3) is 3.79. The number of esters is 1. The first-order valence-electron chi connectivity index (χ1n) is 9.16. The molecule has 1 aliphatic rings. The van der Waals surface area contributed by atoms with Gasteiger partial charge in [-0.15, -0.1) is 11.3 Å². The molecule has 4 rings (SSSR count). The highest BCUT2D eigenvalue weighted by atomic mass is 32.1. The summed E-state index contributed by atoms with van der Waals surface area (Å²) in [6.07, 6.45) is 4.01. The van der Waals surface area contributed by atoms with E-state index < -0.39 is 12.1 Å². The van der Waals surface area contributed by atoms with Gasteiger partial charge in [0, 0.05) is 38.2 Å². The lowest BCUT2D eigenvalue weighted by Gasteiger charge is -2.19. The molecule has 8 heteroatoms. The van der Waals surface area contributed by atoms with Crippen molar-refractivity contribution in [3.63, 3.8) is 0 Å². The summed E-state index contributed by atoms with van der Waals surface area (Å²) in [5, 5.41) is 4.82. The average molecular weight is 399 g/mol. The second kappa shape index (κ2) is 8.12. The van der Waals surface area contributed by atoms with Crippen molar-refractivity contribution in [1.29, 1.82) is 0 Å². The van der Waals surface area contributed by atoms with Gasteiger partial charge in [0.05, 0.1) is 16.3 Å². The molecule has 1 aliphatic heterocycles. The number of ether oxygens (including phenoxy) is 2. The third-order valence-electron chi connectivity index (χ3n) is 4.87. The van der Waals surface area contributed by atoms with Crippen LogP contribution in [0.2, 0.25) is 0 Å². The van der Waals surface area contributed by atoms with E-state index in [9.17, 15) is 9.59 Å². The lowest BCUT2D eigenvalue weighted by molar-refractivity contribution is -0.130. The number of carbonyl (C=O) groups is 2. The van der Waals surface area contributed by atoms with E-state index in [0.29, 0.717) is 24.4 Å². The summed E-state index contributed by atoms with van der Waals surface area (Å²) >= 11 is 1.55. The van der Waals surface area contributed by atoms with E-state index in [1.165, 1.54) is 0 Å². The molecule has 0 aliphatic carbocycles. The fourth-order valence-electron chi connectivity index (χ4n) is 3.34. The van der Waals surface area contributed by atoms with Crippen molar-refractivity contribution in [2.24, 2.45) is 7.05 Å². The largest absolute Gasteiger partial charge is 0.443 e. The Morgan fingerprint density at radius 1 is 1.39 bits per heavy atom. The Morgan fingerprint density at radius 2 is 2.21 bits per heavy atom. The van der Waals surface area contributed by atoms with E-state index in [1.54, 1.807) is 46.5 Å².